The fraction of sp³-hybridized carbons (Fsp3) is 0.292. The summed E-state index contributed by atoms with van der Waals surface area (Å²) >= 11 is 2.91. The van der Waals surface area contributed by atoms with E-state index in [2.05, 4.69) is 4.99 Å². The predicted molar refractivity (Wildman–Crippen MR) is 132 cm³/mol. The highest BCUT2D eigenvalue weighted by Gasteiger charge is 2.33. The molecule has 0 saturated carbocycles. The van der Waals surface area contributed by atoms with Crippen LogP contribution in [0.25, 0.3) is 6.08 Å². The van der Waals surface area contributed by atoms with Crippen molar-refractivity contribution < 1.29 is 13.9 Å². The number of benzene rings is 1. The number of nitrogens with zero attached hydrogens (tertiary/aromatic N) is 3. The number of hydrogen-bond acceptors (Lipinski definition) is 8. The molecule has 2 aromatic heterocycles. The highest BCUT2D eigenvalue weighted by molar-refractivity contribution is 7.98. The normalized spacial score (nSPS) is 15.9. The molecule has 0 N–H and O–H groups in total. The second-order valence-corrected chi connectivity index (χ2v) is 9.53. The van der Waals surface area contributed by atoms with Crippen molar-refractivity contribution in [3.05, 3.63) is 78.7 Å². The van der Waals surface area contributed by atoms with E-state index in [9.17, 15) is 9.59 Å². The van der Waals surface area contributed by atoms with Gasteiger partial charge >= 0.3 is 5.97 Å². The van der Waals surface area contributed by atoms with Crippen molar-refractivity contribution in [3.8, 4) is 0 Å². The third-order valence-corrected chi connectivity index (χ3v) is 7.00. The zero-order valence-electron chi connectivity index (χ0n) is 19.1. The Bertz CT molecular complexity index is 1390. The Hall–Kier alpha value is -3.04. The van der Waals surface area contributed by atoms with Crippen molar-refractivity contribution in [2.45, 2.75) is 24.8 Å². The van der Waals surface area contributed by atoms with E-state index in [1.807, 2.05) is 61.6 Å². The molecule has 0 aliphatic carbocycles. The monoisotopic (exact) mass is 483 g/mol. The van der Waals surface area contributed by atoms with Crippen molar-refractivity contribution in [1.29, 1.82) is 0 Å². The molecule has 0 spiro atoms. The van der Waals surface area contributed by atoms with Crippen LogP contribution in [-0.2, 0) is 9.53 Å². The lowest BCUT2D eigenvalue weighted by molar-refractivity contribution is -0.139. The van der Waals surface area contributed by atoms with E-state index in [1.165, 1.54) is 11.3 Å². The van der Waals surface area contributed by atoms with Crippen LogP contribution in [0.2, 0.25) is 0 Å². The van der Waals surface area contributed by atoms with Crippen LogP contribution in [0.4, 0.5) is 5.88 Å². The van der Waals surface area contributed by atoms with Gasteiger partial charge in [0.25, 0.3) is 5.56 Å². The predicted octanol–water partition coefficient (Wildman–Crippen LogP) is 3.18. The topological polar surface area (TPSA) is 77.0 Å². The molecule has 3 aromatic rings. The Morgan fingerprint density at radius 3 is 2.61 bits per heavy atom. The number of allylic oxidation sites excluding steroid dienone is 1. The first-order valence-electron chi connectivity index (χ1n) is 10.4. The van der Waals surface area contributed by atoms with Crippen LogP contribution in [-0.4, -0.2) is 37.5 Å². The van der Waals surface area contributed by atoms with Crippen LogP contribution in [0, 0.1) is 0 Å². The number of aromatic nitrogens is 1. The molecule has 4 rings (SSSR count). The Kier molecular flexibility index (Phi) is 6.62. The molecule has 1 aromatic carbocycles. The minimum Gasteiger partial charge on any atom is -0.463 e. The van der Waals surface area contributed by atoms with Gasteiger partial charge in [0.05, 0.1) is 28.5 Å². The molecule has 1 aliphatic rings. The smallest absolute Gasteiger partial charge is 0.338 e. The van der Waals surface area contributed by atoms with Crippen LogP contribution in [0.3, 0.4) is 0 Å². The number of hydrogen-bond donors (Lipinski definition) is 0. The summed E-state index contributed by atoms with van der Waals surface area (Å²) in [5.74, 6) is 0.807. The number of anilines is 1. The Balaban J connectivity index is 1.91. The van der Waals surface area contributed by atoms with E-state index in [-0.39, 0.29) is 12.2 Å². The Morgan fingerprint density at radius 2 is 2.00 bits per heavy atom. The summed E-state index contributed by atoms with van der Waals surface area (Å²) < 4.78 is 13.2. The third-order valence-electron chi connectivity index (χ3n) is 5.28. The van der Waals surface area contributed by atoms with E-state index in [0.29, 0.717) is 32.2 Å². The average molecular weight is 484 g/mol. The summed E-state index contributed by atoms with van der Waals surface area (Å²) in [7, 11) is 3.77. The van der Waals surface area contributed by atoms with Gasteiger partial charge in [0.1, 0.15) is 5.76 Å². The number of carbonyl (C=O) groups excluding carboxylic acids is 1. The number of esters is 1. The Labute approximate surface area is 199 Å². The number of rotatable bonds is 6. The first-order chi connectivity index (χ1) is 15.8. The molecular formula is C24H25N3O4S2. The maximum atomic E-state index is 13.5. The molecule has 0 bridgehead atoms. The third kappa shape index (κ3) is 4.43. The molecule has 1 atom stereocenters. The van der Waals surface area contributed by atoms with E-state index >= 15 is 0 Å². The molecule has 3 heterocycles. The number of furan rings is 1. The fourth-order valence-electron chi connectivity index (χ4n) is 3.68. The van der Waals surface area contributed by atoms with Gasteiger partial charge in [0.15, 0.2) is 10.7 Å². The molecule has 172 valence electrons. The van der Waals surface area contributed by atoms with E-state index in [1.54, 1.807) is 36.3 Å². The summed E-state index contributed by atoms with van der Waals surface area (Å²) in [4.78, 5) is 34.5. The zero-order chi connectivity index (χ0) is 23.7. The number of carbonyl (C=O) groups is 1. The van der Waals surface area contributed by atoms with Crippen LogP contribution in [0.15, 0.2) is 66.8 Å². The standard InChI is InChI=1S/C24H25N3O4S2/c1-6-30-23(29)20-14(2)25-24-27(21(20)15-7-10-17(32-5)11-8-15)22(28)18(33-24)13-16-9-12-19(31-16)26(3)4/h7-13,21H,6H2,1-5H3/t21-/m0/s1. The molecule has 9 heteroatoms. The number of thioether (sulfide) groups is 1. The summed E-state index contributed by atoms with van der Waals surface area (Å²) in [6.45, 7) is 3.78. The summed E-state index contributed by atoms with van der Waals surface area (Å²) in [5.41, 5.74) is 1.52. The number of fused-ring (bicyclic) bond motifs is 1. The largest absolute Gasteiger partial charge is 0.463 e. The second-order valence-electron chi connectivity index (χ2n) is 7.65. The minimum atomic E-state index is -0.618. The molecule has 0 saturated heterocycles. The molecule has 7 nitrogen and oxygen atoms in total. The van der Waals surface area contributed by atoms with Crippen molar-refractivity contribution in [1.82, 2.24) is 4.57 Å². The van der Waals surface area contributed by atoms with Crippen LogP contribution >= 0.6 is 23.1 Å². The van der Waals surface area contributed by atoms with Gasteiger partial charge in [-0.25, -0.2) is 9.79 Å². The average Bonchev–Trinajstić information content (AvgIpc) is 3.38. The Morgan fingerprint density at radius 1 is 1.27 bits per heavy atom. The maximum absolute atomic E-state index is 13.5. The molecule has 0 unspecified atom stereocenters. The van der Waals surface area contributed by atoms with Gasteiger partial charge in [-0.15, -0.1) is 11.8 Å². The molecule has 1 aliphatic heterocycles. The van der Waals surface area contributed by atoms with Gasteiger partial charge in [-0.1, -0.05) is 23.5 Å². The van der Waals surface area contributed by atoms with E-state index in [4.69, 9.17) is 9.15 Å². The molecule has 0 amide bonds. The van der Waals surface area contributed by atoms with Crippen molar-refractivity contribution in [2.24, 2.45) is 4.99 Å². The molecule has 0 fully saturated rings. The SMILES string of the molecule is CCOC(=O)C1=C(C)N=c2sc(=Cc3ccc(N(C)C)o3)c(=O)n2[C@H]1c1ccc(SC)cc1. The lowest BCUT2D eigenvalue weighted by Gasteiger charge is -2.24. The first kappa shape index (κ1) is 23.1. The molecular weight excluding hydrogens is 458 g/mol. The van der Waals surface area contributed by atoms with Gasteiger partial charge in [0, 0.05) is 31.1 Å². The highest BCUT2D eigenvalue weighted by Crippen LogP contribution is 2.31. The van der Waals surface area contributed by atoms with Crippen molar-refractivity contribution in [2.75, 3.05) is 31.9 Å². The van der Waals surface area contributed by atoms with Crippen molar-refractivity contribution >= 4 is 41.0 Å². The fourth-order valence-corrected chi connectivity index (χ4v) is 5.12. The number of ether oxygens (including phenoxy) is 1. The number of thiazole rings is 1. The van der Waals surface area contributed by atoms with Gasteiger partial charge in [-0.05, 0) is 43.9 Å². The summed E-state index contributed by atoms with van der Waals surface area (Å²) in [6, 6.07) is 10.9. The molecule has 0 radical (unpaired) electrons. The quantitative estimate of drug-likeness (QED) is 0.396. The van der Waals surface area contributed by atoms with Gasteiger partial charge in [-0.3, -0.25) is 9.36 Å². The second kappa shape index (κ2) is 9.44. The van der Waals surface area contributed by atoms with Crippen molar-refractivity contribution in [3.63, 3.8) is 0 Å². The van der Waals surface area contributed by atoms with Gasteiger partial charge in [0.2, 0.25) is 0 Å². The van der Waals surface area contributed by atoms with E-state index < -0.39 is 12.0 Å². The van der Waals surface area contributed by atoms with Gasteiger partial charge in [-0.2, -0.15) is 0 Å². The lowest BCUT2D eigenvalue weighted by atomic mass is 9.96. The van der Waals surface area contributed by atoms with Gasteiger partial charge < -0.3 is 14.1 Å². The van der Waals surface area contributed by atoms with Crippen LogP contribution in [0.5, 0.6) is 0 Å². The lowest BCUT2D eigenvalue weighted by Crippen LogP contribution is -2.39. The first-order valence-corrected chi connectivity index (χ1v) is 12.5. The summed E-state index contributed by atoms with van der Waals surface area (Å²) in [5, 5.41) is 0. The van der Waals surface area contributed by atoms with Crippen LogP contribution in [0.1, 0.15) is 31.2 Å². The molecule has 33 heavy (non-hydrogen) atoms. The zero-order valence-corrected chi connectivity index (χ0v) is 20.8. The minimum absolute atomic E-state index is 0.227. The highest BCUT2D eigenvalue weighted by atomic mass is 32.2. The van der Waals surface area contributed by atoms with Crippen LogP contribution < -0.4 is 19.8 Å². The maximum Gasteiger partial charge on any atom is 0.338 e. The van der Waals surface area contributed by atoms with E-state index in [0.717, 1.165) is 10.5 Å². The summed E-state index contributed by atoms with van der Waals surface area (Å²) in [6.07, 6.45) is 3.72.